The second kappa shape index (κ2) is 23.8. The van der Waals surface area contributed by atoms with Crippen LogP contribution in [0.5, 0.6) is 0 Å². The summed E-state index contributed by atoms with van der Waals surface area (Å²) < 4.78 is 27.9. The maximum Gasteiger partial charge on any atom is 0.250 e. The third-order valence-electron chi connectivity index (χ3n) is 9.73. The lowest BCUT2D eigenvalue weighted by Crippen LogP contribution is -2.62. The first kappa shape index (κ1) is 45.3. The molecule has 2 saturated carbocycles. The molecule has 0 aromatic rings. The minimum absolute atomic E-state index is 0.0373. The number of carbonyl (C=O) groups is 1. The van der Waals surface area contributed by atoms with Crippen LogP contribution in [-0.2, 0) is 27.9 Å². The SMILES string of the molecule is CNC[C@@H]1O[C@H](O)[C@H](N)C(O)[C@@H]1O.CSO[C@@H]1C(N)CC(NC(=O)C(O)CN)CC1OC1CCC(CO)O1.NC1CC(CNCC2C=CCCO2)C1. The predicted molar refractivity (Wildman–Crippen MR) is 194 cm³/mol. The van der Waals surface area contributed by atoms with Gasteiger partial charge in [-0.25, -0.2) is 0 Å². The van der Waals surface area contributed by atoms with Crippen LogP contribution in [0.25, 0.3) is 0 Å². The molecule has 0 aromatic heterocycles. The first-order chi connectivity index (χ1) is 24.9. The maximum absolute atomic E-state index is 11.9. The molecule has 2 aliphatic carbocycles. The average molecular weight is 768 g/mol. The summed E-state index contributed by atoms with van der Waals surface area (Å²) in [5.74, 6) is 0.290. The van der Waals surface area contributed by atoms with Crippen LogP contribution in [0.1, 0.15) is 44.9 Å². The van der Waals surface area contributed by atoms with E-state index in [1.807, 2.05) is 6.26 Å². The topological polar surface area (TPSA) is 305 Å². The van der Waals surface area contributed by atoms with Crippen molar-refractivity contribution in [2.24, 2.45) is 28.9 Å². The van der Waals surface area contributed by atoms with E-state index >= 15 is 0 Å². The van der Waals surface area contributed by atoms with Crippen molar-refractivity contribution in [1.82, 2.24) is 16.0 Å². The van der Waals surface area contributed by atoms with Crippen molar-refractivity contribution in [3.8, 4) is 0 Å². The molecular formula is C33H65N7O11S. The fourth-order valence-electron chi connectivity index (χ4n) is 6.69. The van der Waals surface area contributed by atoms with Gasteiger partial charge < -0.3 is 87.5 Å². The number of amides is 1. The second-order valence-electron chi connectivity index (χ2n) is 14.0. The van der Waals surface area contributed by atoms with Gasteiger partial charge in [0.2, 0.25) is 5.91 Å². The Labute approximate surface area is 311 Å². The number of rotatable bonds is 14. The van der Waals surface area contributed by atoms with Crippen LogP contribution < -0.4 is 38.9 Å². The zero-order valence-electron chi connectivity index (χ0n) is 30.4. The lowest BCUT2D eigenvalue weighted by molar-refractivity contribution is -0.240. The first-order valence-corrected chi connectivity index (χ1v) is 19.4. The molecular weight excluding hydrogens is 702 g/mol. The molecule has 0 spiro atoms. The quantitative estimate of drug-likeness (QED) is 0.0594. The number of aliphatic hydroxyl groups excluding tert-OH is 5. The Balaban J connectivity index is 0.000000228. The number of hydrogen-bond acceptors (Lipinski definition) is 18. The number of nitrogens with one attached hydrogen (secondary N) is 3. The number of carbonyl (C=O) groups excluding carboxylic acids is 1. The molecule has 5 rings (SSSR count). The Morgan fingerprint density at radius 1 is 1.04 bits per heavy atom. The van der Waals surface area contributed by atoms with Crippen LogP contribution in [0.2, 0.25) is 0 Å². The van der Waals surface area contributed by atoms with Crippen LogP contribution in [0.4, 0.5) is 0 Å². The van der Waals surface area contributed by atoms with Crippen LogP contribution in [0.3, 0.4) is 0 Å². The maximum atomic E-state index is 11.9. The van der Waals surface area contributed by atoms with Gasteiger partial charge in [-0.3, -0.25) is 4.79 Å². The van der Waals surface area contributed by atoms with Gasteiger partial charge in [0.15, 0.2) is 12.6 Å². The van der Waals surface area contributed by atoms with Crippen molar-refractivity contribution in [2.75, 3.05) is 52.7 Å². The van der Waals surface area contributed by atoms with E-state index in [0.717, 1.165) is 38.5 Å². The highest BCUT2D eigenvalue weighted by atomic mass is 32.2. The van der Waals surface area contributed by atoms with Crippen molar-refractivity contribution in [3.05, 3.63) is 12.2 Å². The molecule has 304 valence electrons. The molecule has 5 aliphatic rings. The fourth-order valence-corrected chi connectivity index (χ4v) is 7.18. The predicted octanol–water partition coefficient (Wildman–Crippen LogP) is -3.91. The highest BCUT2D eigenvalue weighted by Gasteiger charge is 2.42. The summed E-state index contributed by atoms with van der Waals surface area (Å²) in [6.45, 7) is 3.09. The molecule has 3 aliphatic heterocycles. The Morgan fingerprint density at radius 2 is 1.79 bits per heavy atom. The van der Waals surface area contributed by atoms with Crippen LogP contribution >= 0.6 is 12.0 Å². The molecule has 3 heterocycles. The lowest BCUT2D eigenvalue weighted by Gasteiger charge is -2.40. The highest BCUT2D eigenvalue weighted by molar-refractivity contribution is 7.93. The third-order valence-corrected chi connectivity index (χ3v) is 10.1. The van der Waals surface area contributed by atoms with Crippen molar-refractivity contribution in [2.45, 2.75) is 131 Å². The summed E-state index contributed by atoms with van der Waals surface area (Å²) in [6.07, 6.45) is 5.68. The highest BCUT2D eigenvalue weighted by Crippen LogP contribution is 2.30. The van der Waals surface area contributed by atoms with E-state index in [1.54, 1.807) is 7.05 Å². The molecule has 16 N–H and O–H groups in total. The molecule has 0 aromatic carbocycles. The zero-order valence-corrected chi connectivity index (χ0v) is 31.2. The van der Waals surface area contributed by atoms with Crippen LogP contribution in [-0.4, -0.2) is 170 Å². The molecule has 0 radical (unpaired) electrons. The molecule has 0 bridgehead atoms. The number of nitrogens with two attached hydrogens (primary N) is 4. The van der Waals surface area contributed by atoms with Gasteiger partial charge in [0.25, 0.3) is 0 Å². The van der Waals surface area contributed by atoms with E-state index in [2.05, 4.69) is 28.1 Å². The third kappa shape index (κ3) is 14.5. The Kier molecular flexibility index (Phi) is 20.7. The summed E-state index contributed by atoms with van der Waals surface area (Å²) in [4.78, 5) is 11.9. The normalized spacial score (nSPS) is 39.3. The molecule has 19 heteroatoms. The van der Waals surface area contributed by atoms with Crippen molar-refractivity contribution < 1.29 is 53.5 Å². The van der Waals surface area contributed by atoms with Crippen molar-refractivity contribution in [1.29, 1.82) is 0 Å². The summed E-state index contributed by atoms with van der Waals surface area (Å²) in [5, 5.41) is 55.7. The van der Waals surface area contributed by atoms with E-state index in [-0.39, 0.29) is 49.7 Å². The van der Waals surface area contributed by atoms with Gasteiger partial charge in [0, 0.05) is 50.4 Å². The molecule has 18 nitrogen and oxygen atoms in total. The molecule has 4 fully saturated rings. The van der Waals surface area contributed by atoms with Crippen molar-refractivity contribution in [3.63, 3.8) is 0 Å². The largest absolute Gasteiger partial charge is 0.394 e. The van der Waals surface area contributed by atoms with Crippen molar-refractivity contribution >= 4 is 17.9 Å². The number of ether oxygens (including phenoxy) is 4. The first-order valence-electron chi connectivity index (χ1n) is 18.3. The summed E-state index contributed by atoms with van der Waals surface area (Å²) in [7, 11) is 1.68. The van der Waals surface area contributed by atoms with Crippen LogP contribution in [0, 0.1) is 5.92 Å². The molecule has 2 saturated heterocycles. The van der Waals surface area contributed by atoms with Gasteiger partial charge in [-0.05, 0) is 70.1 Å². The molecule has 1 amide bonds. The number of likely N-dealkylation sites (N-methyl/N-ethyl adjacent to an activating group) is 1. The summed E-state index contributed by atoms with van der Waals surface area (Å²) in [6, 6.07) is -1.07. The minimum Gasteiger partial charge on any atom is -0.394 e. The van der Waals surface area contributed by atoms with E-state index in [1.165, 1.54) is 24.9 Å². The van der Waals surface area contributed by atoms with Gasteiger partial charge in [-0.2, -0.15) is 0 Å². The molecule has 13 atom stereocenters. The summed E-state index contributed by atoms with van der Waals surface area (Å²) >= 11 is 1.22. The minimum atomic E-state index is -1.24. The van der Waals surface area contributed by atoms with E-state index < -0.39 is 48.9 Å². The van der Waals surface area contributed by atoms with Gasteiger partial charge in [0.05, 0.1) is 37.6 Å². The molecule has 52 heavy (non-hydrogen) atoms. The van der Waals surface area contributed by atoms with Gasteiger partial charge in [-0.1, -0.05) is 12.2 Å². The molecule has 8 unspecified atom stereocenters. The van der Waals surface area contributed by atoms with Gasteiger partial charge >= 0.3 is 0 Å². The Morgan fingerprint density at radius 3 is 2.38 bits per heavy atom. The number of hydrogen-bond donors (Lipinski definition) is 12. The van der Waals surface area contributed by atoms with E-state index in [9.17, 15) is 30.3 Å². The smallest absolute Gasteiger partial charge is 0.250 e. The summed E-state index contributed by atoms with van der Waals surface area (Å²) in [5.41, 5.74) is 22.6. The van der Waals surface area contributed by atoms with E-state index in [4.69, 9.17) is 46.1 Å². The zero-order chi connectivity index (χ0) is 38.2. The Hall–Kier alpha value is -1.08. The van der Waals surface area contributed by atoms with E-state index in [0.29, 0.717) is 31.8 Å². The van der Waals surface area contributed by atoms with Gasteiger partial charge in [-0.15, -0.1) is 0 Å². The second-order valence-corrected chi connectivity index (χ2v) is 14.5. The standard InChI is InChI=1S/C15H29N3O6S.C11H20N2O.C7H16N2O4/c1-25-24-14-10(17)4-8(18-15(21)11(20)6-16)5-12(14)23-13-3-2-9(7-19)22-13;12-10-5-9(6-10)7-13-8-11-3-1-2-4-14-11;1-9-2-3-5(10)6(11)4(8)7(12)13-3/h8-14,19-20H,2-7,16-17H2,1H3,(H,18,21);1,3,9-11,13H,2,4-8,12H2;3-7,9-12H,2,8H2,1H3/t8?,9?,10?,11?,12?,13?,14-;;3-,4+,5+,6?,7-/m1.0/s1. The monoisotopic (exact) mass is 767 g/mol. The fraction of sp³-hybridized carbons (Fsp3) is 0.909. The number of aliphatic hydroxyl groups is 5. The van der Waals surface area contributed by atoms with Gasteiger partial charge in [0.1, 0.15) is 30.5 Å². The average Bonchev–Trinajstić information content (AvgIpc) is 3.58. The lowest BCUT2D eigenvalue weighted by atomic mass is 9.81. The van der Waals surface area contributed by atoms with Crippen LogP contribution in [0.15, 0.2) is 12.2 Å². The Bertz CT molecular complexity index is 1040.